The van der Waals surface area contributed by atoms with E-state index in [1.165, 1.54) is 22.7 Å². The Labute approximate surface area is 87.2 Å². The molecule has 14 heavy (non-hydrogen) atoms. The first-order valence-electron chi connectivity index (χ1n) is 3.95. The highest BCUT2D eigenvalue weighted by molar-refractivity contribution is 7.25. The quantitative estimate of drug-likeness (QED) is 0.610. The van der Waals surface area contributed by atoms with Gasteiger partial charge in [-0.25, -0.2) is 9.97 Å². The number of rotatable bonds is 0. The van der Waals surface area contributed by atoms with E-state index < -0.39 is 0 Å². The second kappa shape index (κ2) is 2.55. The molecule has 70 valence electrons. The lowest BCUT2D eigenvalue weighted by atomic mass is 10.3. The largest absolute Gasteiger partial charge is 0.375 e. The van der Waals surface area contributed by atoms with Crippen molar-refractivity contribution in [3.63, 3.8) is 0 Å². The molecular weight excluding hydrogens is 216 g/mol. The van der Waals surface area contributed by atoms with Gasteiger partial charge in [-0.15, -0.1) is 0 Å². The third-order valence-electron chi connectivity index (χ3n) is 1.95. The minimum atomic E-state index is 0.569. The number of anilines is 2. The summed E-state index contributed by atoms with van der Waals surface area (Å²) >= 11 is 2.93. The van der Waals surface area contributed by atoms with Crippen LogP contribution in [0.1, 0.15) is 0 Å². The first-order valence-corrected chi connectivity index (χ1v) is 5.58. The zero-order valence-corrected chi connectivity index (χ0v) is 8.65. The molecule has 6 heteroatoms. The number of hydrogen-bond donors (Lipinski definition) is 2. The molecule has 3 aromatic rings. The van der Waals surface area contributed by atoms with Gasteiger partial charge in [0.25, 0.3) is 0 Å². The van der Waals surface area contributed by atoms with Crippen LogP contribution in [0.3, 0.4) is 0 Å². The van der Waals surface area contributed by atoms with Gasteiger partial charge in [0.15, 0.2) is 10.3 Å². The summed E-state index contributed by atoms with van der Waals surface area (Å²) in [7, 11) is 0. The predicted octanol–water partition coefficient (Wildman–Crippen LogP) is 2.07. The van der Waals surface area contributed by atoms with Gasteiger partial charge in [0.05, 0.1) is 14.9 Å². The van der Waals surface area contributed by atoms with Crippen LogP contribution in [0.2, 0.25) is 0 Å². The number of benzene rings is 1. The Bertz CT molecular complexity index is 569. The molecule has 4 N–H and O–H groups in total. The van der Waals surface area contributed by atoms with E-state index in [0.717, 1.165) is 20.4 Å². The van der Waals surface area contributed by atoms with E-state index in [9.17, 15) is 0 Å². The van der Waals surface area contributed by atoms with Crippen LogP contribution in [-0.4, -0.2) is 9.97 Å². The highest BCUT2D eigenvalue weighted by Gasteiger charge is 2.09. The summed E-state index contributed by atoms with van der Waals surface area (Å²) in [4.78, 5) is 8.46. The van der Waals surface area contributed by atoms with Crippen molar-refractivity contribution in [1.82, 2.24) is 9.97 Å². The zero-order chi connectivity index (χ0) is 9.71. The van der Waals surface area contributed by atoms with Crippen LogP contribution in [0.4, 0.5) is 10.3 Å². The number of aromatic nitrogens is 2. The minimum absolute atomic E-state index is 0.569. The lowest BCUT2D eigenvalue weighted by molar-refractivity contribution is 1.49. The van der Waals surface area contributed by atoms with Crippen molar-refractivity contribution in [2.75, 3.05) is 11.5 Å². The molecular formula is C8H6N4S2. The molecule has 3 rings (SSSR count). The van der Waals surface area contributed by atoms with Crippen LogP contribution < -0.4 is 11.5 Å². The van der Waals surface area contributed by atoms with Crippen molar-refractivity contribution in [3.8, 4) is 0 Å². The average molecular weight is 222 g/mol. The van der Waals surface area contributed by atoms with Gasteiger partial charge in [-0.05, 0) is 12.1 Å². The molecule has 0 fully saturated rings. The molecule has 2 heterocycles. The van der Waals surface area contributed by atoms with E-state index in [1.807, 2.05) is 12.1 Å². The monoisotopic (exact) mass is 222 g/mol. The van der Waals surface area contributed by atoms with Crippen LogP contribution in [-0.2, 0) is 0 Å². The SMILES string of the molecule is Nc1nc2c(ccc3nc(N)sc32)s1. The molecule has 4 nitrogen and oxygen atoms in total. The Morgan fingerprint density at radius 2 is 1.79 bits per heavy atom. The van der Waals surface area contributed by atoms with E-state index in [4.69, 9.17) is 11.5 Å². The number of nitrogen functional groups attached to an aromatic ring is 2. The fourth-order valence-corrected chi connectivity index (χ4v) is 3.04. The van der Waals surface area contributed by atoms with E-state index in [-0.39, 0.29) is 0 Å². The zero-order valence-electron chi connectivity index (χ0n) is 7.02. The lowest BCUT2D eigenvalue weighted by Gasteiger charge is -1.87. The third kappa shape index (κ3) is 0.978. The summed E-state index contributed by atoms with van der Waals surface area (Å²) in [5.74, 6) is 0. The van der Waals surface area contributed by atoms with Crippen LogP contribution in [0.25, 0.3) is 20.4 Å². The number of nitrogens with two attached hydrogens (primary N) is 2. The van der Waals surface area contributed by atoms with E-state index in [1.54, 1.807) is 0 Å². The van der Waals surface area contributed by atoms with Gasteiger partial charge in [0, 0.05) is 0 Å². The standard InChI is InChI=1S/C8H6N4S2/c9-7-11-3-1-2-4-5(6(3)14-7)12-8(10)13-4/h1-2H,(H2,9,11)(H2,10,12). The molecule has 0 saturated heterocycles. The average Bonchev–Trinajstić information content (AvgIpc) is 2.65. The summed E-state index contributed by atoms with van der Waals surface area (Å²) < 4.78 is 2.10. The Morgan fingerprint density at radius 1 is 1.00 bits per heavy atom. The molecule has 0 spiro atoms. The second-order valence-corrected chi connectivity index (χ2v) is 4.96. The van der Waals surface area contributed by atoms with Crippen molar-refractivity contribution in [2.24, 2.45) is 0 Å². The Kier molecular flexibility index (Phi) is 1.45. The summed E-state index contributed by atoms with van der Waals surface area (Å²) in [5, 5.41) is 1.15. The van der Waals surface area contributed by atoms with Gasteiger partial charge in [-0.1, -0.05) is 22.7 Å². The van der Waals surface area contributed by atoms with Crippen molar-refractivity contribution in [2.45, 2.75) is 0 Å². The number of hydrogen-bond acceptors (Lipinski definition) is 6. The number of thiazole rings is 2. The molecule has 0 unspecified atom stereocenters. The van der Waals surface area contributed by atoms with Crippen molar-refractivity contribution < 1.29 is 0 Å². The van der Waals surface area contributed by atoms with Crippen LogP contribution in [0.5, 0.6) is 0 Å². The fraction of sp³-hybridized carbons (Fsp3) is 0. The van der Waals surface area contributed by atoms with Gasteiger partial charge in [0.1, 0.15) is 5.52 Å². The van der Waals surface area contributed by atoms with Crippen LogP contribution in [0, 0.1) is 0 Å². The van der Waals surface area contributed by atoms with Crippen LogP contribution in [0.15, 0.2) is 12.1 Å². The van der Waals surface area contributed by atoms with E-state index in [0.29, 0.717) is 10.3 Å². The van der Waals surface area contributed by atoms with Crippen molar-refractivity contribution in [1.29, 1.82) is 0 Å². The number of fused-ring (bicyclic) bond motifs is 3. The first kappa shape index (κ1) is 7.95. The normalized spacial score (nSPS) is 11.4. The summed E-state index contributed by atoms with van der Waals surface area (Å²) in [5.41, 5.74) is 13.1. The maximum Gasteiger partial charge on any atom is 0.181 e. The first-order chi connectivity index (χ1) is 6.74. The van der Waals surface area contributed by atoms with Gasteiger partial charge in [-0.3, -0.25) is 0 Å². The summed E-state index contributed by atoms with van der Waals surface area (Å²) in [6.45, 7) is 0. The van der Waals surface area contributed by atoms with Gasteiger partial charge in [-0.2, -0.15) is 0 Å². The fourth-order valence-electron chi connectivity index (χ4n) is 1.41. The molecule has 0 amide bonds. The highest BCUT2D eigenvalue weighted by Crippen LogP contribution is 2.34. The van der Waals surface area contributed by atoms with Crippen LogP contribution >= 0.6 is 22.7 Å². The molecule has 0 radical (unpaired) electrons. The maximum absolute atomic E-state index is 5.65. The van der Waals surface area contributed by atoms with Crippen molar-refractivity contribution >= 4 is 53.4 Å². The lowest BCUT2D eigenvalue weighted by Crippen LogP contribution is -1.79. The van der Waals surface area contributed by atoms with Gasteiger partial charge >= 0.3 is 0 Å². The summed E-state index contributed by atoms with van der Waals surface area (Å²) in [6, 6.07) is 3.92. The summed E-state index contributed by atoms with van der Waals surface area (Å²) in [6.07, 6.45) is 0. The Morgan fingerprint density at radius 3 is 2.64 bits per heavy atom. The smallest absolute Gasteiger partial charge is 0.181 e. The Hall–Kier alpha value is -1.40. The number of nitrogens with zero attached hydrogens (tertiary/aromatic N) is 2. The van der Waals surface area contributed by atoms with E-state index >= 15 is 0 Å². The second-order valence-electron chi connectivity index (χ2n) is 2.86. The minimum Gasteiger partial charge on any atom is -0.375 e. The van der Waals surface area contributed by atoms with Crippen molar-refractivity contribution in [3.05, 3.63) is 12.1 Å². The maximum atomic E-state index is 5.65. The topological polar surface area (TPSA) is 77.8 Å². The molecule has 2 aromatic heterocycles. The predicted molar refractivity (Wildman–Crippen MR) is 61.6 cm³/mol. The third-order valence-corrected chi connectivity index (χ3v) is 3.70. The molecule has 0 bridgehead atoms. The molecule has 0 aliphatic rings. The molecule has 0 aliphatic carbocycles. The Balaban J connectivity index is 2.58. The molecule has 0 aliphatic heterocycles. The molecule has 0 atom stereocenters. The molecule has 1 aromatic carbocycles. The van der Waals surface area contributed by atoms with Gasteiger partial charge < -0.3 is 11.5 Å². The van der Waals surface area contributed by atoms with Gasteiger partial charge in [0.2, 0.25) is 0 Å². The van der Waals surface area contributed by atoms with E-state index in [2.05, 4.69) is 9.97 Å². The highest BCUT2D eigenvalue weighted by atomic mass is 32.1. The molecule has 0 saturated carbocycles.